The van der Waals surface area contributed by atoms with Crippen molar-refractivity contribution in [3.05, 3.63) is 72.1 Å². The number of nitrogens with zero attached hydrogens (tertiary/aromatic N) is 3. The van der Waals surface area contributed by atoms with E-state index in [1.807, 2.05) is 65.2 Å². The van der Waals surface area contributed by atoms with Gasteiger partial charge < -0.3 is 15.0 Å². The molecule has 3 aromatic rings. The van der Waals surface area contributed by atoms with E-state index in [1.165, 1.54) is 11.8 Å². The van der Waals surface area contributed by atoms with E-state index < -0.39 is 11.2 Å². The molecular weight excluding hydrogens is 384 g/mol. The first kappa shape index (κ1) is 20.9. The minimum absolute atomic E-state index is 0.308. The van der Waals surface area contributed by atoms with E-state index in [2.05, 4.69) is 24.0 Å². The molecule has 0 saturated carbocycles. The zero-order chi connectivity index (χ0) is 20.6. The first-order valence-corrected chi connectivity index (χ1v) is 10.5. The lowest BCUT2D eigenvalue weighted by atomic mass is 10.1. The van der Waals surface area contributed by atoms with Crippen LogP contribution in [0.5, 0.6) is 5.75 Å². The van der Waals surface area contributed by atoms with Crippen molar-refractivity contribution in [2.45, 2.75) is 43.8 Å². The molecule has 0 aliphatic carbocycles. The quantitative estimate of drug-likeness (QED) is 0.506. The van der Waals surface area contributed by atoms with Crippen LogP contribution in [0.3, 0.4) is 0 Å². The summed E-state index contributed by atoms with van der Waals surface area (Å²) in [6.45, 7) is 5.41. The largest absolute Gasteiger partial charge is 0.486 e. The highest BCUT2D eigenvalue weighted by molar-refractivity contribution is 8.00. The minimum Gasteiger partial charge on any atom is -0.486 e. The smallest absolute Gasteiger partial charge is 0.235 e. The van der Waals surface area contributed by atoms with Crippen LogP contribution in [0.2, 0.25) is 0 Å². The van der Waals surface area contributed by atoms with Gasteiger partial charge in [-0.25, -0.2) is 0 Å². The number of carbonyl (C=O) groups excluding carboxylic acids is 1. The number of ether oxygens (including phenoxy) is 1. The minimum atomic E-state index is -0.527. The Morgan fingerprint density at radius 2 is 1.72 bits per heavy atom. The van der Waals surface area contributed by atoms with Crippen molar-refractivity contribution >= 4 is 17.7 Å². The predicted molar refractivity (Wildman–Crippen MR) is 114 cm³/mol. The van der Waals surface area contributed by atoms with Crippen LogP contribution in [0.1, 0.15) is 36.9 Å². The Labute approximate surface area is 175 Å². The molecule has 1 unspecified atom stereocenters. The van der Waals surface area contributed by atoms with Gasteiger partial charge >= 0.3 is 0 Å². The maximum absolute atomic E-state index is 12.1. The monoisotopic (exact) mass is 410 g/mol. The average molecular weight is 411 g/mol. The highest BCUT2D eigenvalue weighted by atomic mass is 32.2. The summed E-state index contributed by atoms with van der Waals surface area (Å²) in [5.74, 6) is 1.63. The highest BCUT2D eigenvalue weighted by Crippen LogP contribution is 2.34. The molecular formula is C22H26N4O2S. The summed E-state index contributed by atoms with van der Waals surface area (Å²) in [7, 11) is 0. The van der Waals surface area contributed by atoms with Crippen molar-refractivity contribution in [1.29, 1.82) is 0 Å². The molecule has 2 aromatic carbocycles. The molecule has 1 amide bonds. The molecule has 7 heteroatoms. The number of primary amides is 1. The van der Waals surface area contributed by atoms with E-state index in [1.54, 1.807) is 0 Å². The summed E-state index contributed by atoms with van der Waals surface area (Å²) >= 11 is 1.33. The topological polar surface area (TPSA) is 83.0 Å². The fraction of sp³-hybridized carbons (Fsp3) is 0.318. The normalized spacial score (nSPS) is 12.1. The van der Waals surface area contributed by atoms with Crippen LogP contribution in [0.25, 0.3) is 0 Å². The number of carbonyl (C=O) groups is 1. The number of benzene rings is 2. The van der Waals surface area contributed by atoms with Gasteiger partial charge in [0.1, 0.15) is 17.6 Å². The second-order valence-electron chi connectivity index (χ2n) is 7.15. The Morgan fingerprint density at radius 3 is 2.34 bits per heavy atom. The van der Waals surface area contributed by atoms with Gasteiger partial charge in [0.05, 0.1) is 0 Å². The number of rotatable bonds is 10. The van der Waals surface area contributed by atoms with Crippen LogP contribution < -0.4 is 10.5 Å². The van der Waals surface area contributed by atoms with Crippen molar-refractivity contribution < 1.29 is 9.53 Å². The zero-order valence-electron chi connectivity index (χ0n) is 16.7. The van der Waals surface area contributed by atoms with E-state index in [0.29, 0.717) is 17.7 Å². The number of hydrogen-bond donors (Lipinski definition) is 1. The predicted octanol–water partition coefficient (Wildman–Crippen LogP) is 4.22. The lowest BCUT2D eigenvalue weighted by molar-refractivity contribution is -0.117. The molecule has 1 heterocycles. The van der Waals surface area contributed by atoms with Gasteiger partial charge in [-0.05, 0) is 30.0 Å². The molecule has 3 rings (SSSR count). The fourth-order valence-corrected chi connectivity index (χ4v) is 3.85. The molecule has 1 aromatic heterocycles. The number of para-hydroxylation sites is 1. The molecule has 0 saturated heterocycles. The van der Waals surface area contributed by atoms with Crippen molar-refractivity contribution in [3.63, 3.8) is 0 Å². The Balaban J connectivity index is 1.82. The van der Waals surface area contributed by atoms with Crippen LogP contribution >= 0.6 is 11.8 Å². The first-order chi connectivity index (χ1) is 14.0. The highest BCUT2D eigenvalue weighted by Gasteiger charge is 2.24. The second kappa shape index (κ2) is 10.1. The van der Waals surface area contributed by atoms with Gasteiger partial charge in [0.25, 0.3) is 0 Å². The van der Waals surface area contributed by atoms with Gasteiger partial charge in [0.15, 0.2) is 11.0 Å². The maximum Gasteiger partial charge on any atom is 0.235 e. The van der Waals surface area contributed by atoms with Gasteiger partial charge in [-0.3, -0.25) is 4.79 Å². The summed E-state index contributed by atoms with van der Waals surface area (Å²) in [5.41, 5.74) is 6.54. The Kier molecular flexibility index (Phi) is 7.30. The second-order valence-corrected chi connectivity index (χ2v) is 8.22. The van der Waals surface area contributed by atoms with Gasteiger partial charge in [-0.15, -0.1) is 10.2 Å². The fourth-order valence-electron chi connectivity index (χ4n) is 2.81. The summed E-state index contributed by atoms with van der Waals surface area (Å²) in [5, 5.41) is 8.82. The maximum atomic E-state index is 12.1. The number of hydrogen-bond acceptors (Lipinski definition) is 5. The van der Waals surface area contributed by atoms with Crippen molar-refractivity contribution in [2.75, 3.05) is 0 Å². The third-order valence-corrected chi connectivity index (χ3v) is 5.67. The number of nitrogens with two attached hydrogens (primary N) is 1. The van der Waals surface area contributed by atoms with Crippen molar-refractivity contribution in [1.82, 2.24) is 14.8 Å². The Bertz CT molecular complexity index is 913. The van der Waals surface area contributed by atoms with Gasteiger partial charge in [0.2, 0.25) is 5.91 Å². The molecule has 152 valence electrons. The molecule has 29 heavy (non-hydrogen) atoms. The summed E-state index contributed by atoms with van der Waals surface area (Å²) in [6, 6.07) is 19.1. The summed E-state index contributed by atoms with van der Waals surface area (Å²) in [4.78, 5) is 12.1. The van der Waals surface area contributed by atoms with Gasteiger partial charge in [-0.1, -0.05) is 74.1 Å². The third kappa shape index (κ3) is 5.84. The van der Waals surface area contributed by atoms with E-state index in [-0.39, 0.29) is 0 Å². The molecule has 0 spiro atoms. The molecule has 6 nitrogen and oxygen atoms in total. The van der Waals surface area contributed by atoms with E-state index in [4.69, 9.17) is 10.5 Å². The summed E-state index contributed by atoms with van der Waals surface area (Å²) in [6.07, 6.45) is 0.969. The van der Waals surface area contributed by atoms with Crippen molar-refractivity contribution in [2.24, 2.45) is 11.7 Å². The van der Waals surface area contributed by atoms with Crippen LogP contribution in [-0.4, -0.2) is 20.7 Å². The Morgan fingerprint density at radius 1 is 1.07 bits per heavy atom. The van der Waals surface area contributed by atoms with Crippen LogP contribution in [0, 0.1) is 5.92 Å². The van der Waals surface area contributed by atoms with Crippen molar-refractivity contribution in [3.8, 4) is 5.75 Å². The van der Waals surface area contributed by atoms with Gasteiger partial charge in [0, 0.05) is 6.54 Å². The molecule has 0 fully saturated rings. The third-order valence-electron chi connectivity index (χ3n) is 4.42. The molecule has 0 bridgehead atoms. The van der Waals surface area contributed by atoms with Gasteiger partial charge in [-0.2, -0.15) is 0 Å². The summed E-state index contributed by atoms with van der Waals surface area (Å²) < 4.78 is 7.90. The Hall–Kier alpha value is -2.80. The van der Waals surface area contributed by atoms with Crippen LogP contribution in [0.15, 0.2) is 65.8 Å². The zero-order valence-corrected chi connectivity index (χ0v) is 17.5. The first-order valence-electron chi connectivity index (χ1n) is 9.65. The SMILES string of the molecule is CC(C)CCn1c(COc2ccccc2)nnc1SC(C(N)=O)c1ccccc1. The lowest BCUT2D eigenvalue weighted by Gasteiger charge is -2.16. The van der Waals surface area contributed by atoms with E-state index >= 15 is 0 Å². The molecule has 0 radical (unpaired) electrons. The number of thioether (sulfide) groups is 1. The lowest BCUT2D eigenvalue weighted by Crippen LogP contribution is -2.20. The van der Waals surface area contributed by atoms with Crippen LogP contribution in [-0.2, 0) is 17.9 Å². The van der Waals surface area contributed by atoms with Crippen LogP contribution in [0.4, 0.5) is 0 Å². The average Bonchev–Trinajstić information content (AvgIpc) is 3.11. The van der Waals surface area contributed by atoms with E-state index in [9.17, 15) is 4.79 Å². The number of amides is 1. The molecule has 2 N–H and O–H groups in total. The molecule has 1 atom stereocenters. The molecule has 0 aliphatic heterocycles. The van der Waals surface area contributed by atoms with E-state index in [0.717, 1.165) is 30.1 Å². The molecule has 0 aliphatic rings. The standard InChI is InChI=1S/C22H26N4O2S/c1-16(2)13-14-26-19(15-28-18-11-7-4-8-12-18)24-25-22(26)29-20(21(23)27)17-9-5-3-6-10-17/h3-12,16,20H,13-15H2,1-2H3,(H2,23,27). The number of aromatic nitrogens is 3.